The lowest BCUT2D eigenvalue weighted by molar-refractivity contribution is -0.126. The number of likely N-dealkylation sites (tertiary alicyclic amines) is 1. The lowest BCUT2D eigenvalue weighted by Crippen LogP contribution is -2.45. The van der Waals surface area contributed by atoms with Crippen LogP contribution in [0.1, 0.15) is 44.3 Å². The first-order valence-electron chi connectivity index (χ1n) is 7.53. The van der Waals surface area contributed by atoms with Crippen molar-refractivity contribution >= 4 is 5.91 Å². The van der Waals surface area contributed by atoms with E-state index in [1.54, 1.807) is 7.11 Å². The van der Waals surface area contributed by atoms with Crippen LogP contribution in [0, 0.1) is 0 Å². The Morgan fingerprint density at radius 2 is 2.10 bits per heavy atom. The molecule has 0 spiro atoms. The molecule has 0 aromatic carbocycles. The highest BCUT2D eigenvalue weighted by Crippen LogP contribution is 2.12. The number of ether oxygens (including phenoxy) is 1. The Labute approximate surface area is 125 Å². The largest absolute Gasteiger partial charge is 0.377 e. The zero-order valence-electron chi connectivity index (χ0n) is 12.8. The highest BCUT2D eigenvalue weighted by atomic mass is 16.5. The molecule has 1 aliphatic rings. The molecule has 1 N–H and O–H groups in total. The van der Waals surface area contributed by atoms with Gasteiger partial charge in [-0.05, 0) is 32.9 Å². The smallest absolute Gasteiger partial charge is 0.246 e. The molecule has 1 aromatic rings. The molecular weight excluding hydrogens is 272 g/mol. The van der Waals surface area contributed by atoms with Crippen LogP contribution in [0.5, 0.6) is 0 Å². The lowest BCUT2D eigenvalue weighted by atomic mass is 10.2. The molecule has 1 amide bonds. The molecule has 7 nitrogen and oxygen atoms in total. The Hall–Kier alpha value is -1.47. The monoisotopic (exact) mass is 296 g/mol. The summed E-state index contributed by atoms with van der Waals surface area (Å²) in [7, 11) is 1.57. The van der Waals surface area contributed by atoms with Gasteiger partial charge in [-0.15, -0.1) is 0 Å². The van der Waals surface area contributed by atoms with Crippen LogP contribution < -0.4 is 5.32 Å². The van der Waals surface area contributed by atoms with Gasteiger partial charge >= 0.3 is 0 Å². The van der Waals surface area contributed by atoms with Crippen molar-refractivity contribution in [2.45, 2.75) is 51.8 Å². The molecule has 2 rings (SSSR count). The van der Waals surface area contributed by atoms with Crippen LogP contribution in [0.15, 0.2) is 4.52 Å². The fourth-order valence-electron chi connectivity index (χ4n) is 2.51. The van der Waals surface area contributed by atoms with Crippen molar-refractivity contribution in [2.75, 3.05) is 20.2 Å². The van der Waals surface area contributed by atoms with Gasteiger partial charge < -0.3 is 14.6 Å². The predicted molar refractivity (Wildman–Crippen MR) is 76.4 cm³/mol. The summed E-state index contributed by atoms with van der Waals surface area (Å²) in [5, 5.41) is 6.61. The second-order valence-electron chi connectivity index (χ2n) is 5.38. The Morgan fingerprint density at radius 3 is 2.76 bits per heavy atom. The van der Waals surface area contributed by atoms with E-state index >= 15 is 0 Å². The quantitative estimate of drug-likeness (QED) is 0.846. The van der Waals surface area contributed by atoms with E-state index in [-0.39, 0.29) is 18.5 Å². The molecule has 0 saturated carbocycles. The van der Waals surface area contributed by atoms with Gasteiger partial charge in [-0.25, -0.2) is 0 Å². The number of hydrogen-bond donors (Lipinski definition) is 1. The summed E-state index contributed by atoms with van der Waals surface area (Å²) in [5.41, 5.74) is 0. The molecule has 1 fully saturated rings. The Kier molecular flexibility index (Phi) is 6.13. The topological polar surface area (TPSA) is 80.5 Å². The minimum Gasteiger partial charge on any atom is -0.377 e. The fraction of sp³-hybridized carbons (Fsp3) is 0.786. The number of nitrogens with zero attached hydrogens (tertiary/aromatic N) is 3. The van der Waals surface area contributed by atoms with Gasteiger partial charge in [0.15, 0.2) is 5.82 Å². The molecule has 0 radical (unpaired) electrons. The SMILES string of the molecule is COCc1noc(CNC(=O)C(C)N2CCCCCC2)n1. The normalized spacial score (nSPS) is 18.2. The van der Waals surface area contributed by atoms with E-state index in [4.69, 9.17) is 9.26 Å². The second kappa shape index (κ2) is 8.09. The summed E-state index contributed by atoms with van der Waals surface area (Å²) in [4.78, 5) is 18.6. The maximum atomic E-state index is 12.2. The van der Waals surface area contributed by atoms with E-state index in [0.29, 0.717) is 18.3 Å². The average Bonchev–Trinajstić information content (AvgIpc) is 2.76. The van der Waals surface area contributed by atoms with Crippen molar-refractivity contribution in [3.63, 3.8) is 0 Å². The van der Waals surface area contributed by atoms with E-state index < -0.39 is 0 Å². The van der Waals surface area contributed by atoms with Crippen LogP contribution in [-0.4, -0.2) is 47.2 Å². The first-order chi connectivity index (χ1) is 10.2. The molecule has 2 heterocycles. The van der Waals surface area contributed by atoms with Gasteiger partial charge in [-0.3, -0.25) is 9.69 Å². The van der Waals surface area contributed by atoms with Gasteiger partial charge in [0.05, 0.1) is 12.6 Å². The third-order valence-corrected chi connectivity index (χ3v) is 3.77. The molecule has 1 aromatic heterocycles. The highest BCUT2D eigenvalue weighted by Gasteiger charge is 2.22. The minimum absolute atomic E-state index is 0.00314. The van der Waals surface area contributed by atoms with E-state index in [0.717, 1.165) is 13.1 Å². The van der Waals surface area contributed by atoms with Crippen molar-refractivity contribution in [1.82, 2.24) is 20.4 Å². The molecule has 1 saturated heterocycles. The van der Waals surface area contributed by atoms with Crippen LogP contribution in [0.25, 0.3) is 0 Å². The first-order valence-corrected chi connectivity index (χ1v) is 7.53. The van der Waals surface area contributed by atoms with Crippen LogP contribution in [0.4, 0.5) is 0 Å². The maximum absolute atomic E-state index is 12.2. The second-order valence-corrected chi connectivity index (χ2v) is 5.38. The van der Waals surface area contributed by atoms with Crippen molar-refractivity contribution in [1.29, 1.82) is 0 Å². The molecule has 1 unspecified atom stereocenters. The molecule has 1 aliphatic heterocycles. The van der Waals surface area contributed by atoms with E-state index in [2.05, 4.69) is 20.4 Å². The van der Waals surface area contributed by atoms with Crippen LogP contribution in [0.3, 0.4) is 0 Å². The number of nitrogens with one attached hydrogen (secondary N) is 1. The van der Waals surface area contributed by atoms with Crippen LogP contribution in [-0.2, 0) is 22.7 Å². The number of carbonyl (C=O) groups excluding carboxylic acids is 1. The predicted octanol–water partition coefficient (Wildman–Crippen LogP) is 1.10. The zero-order valence-corrected chi connectivity index (χ0v) is 12.8. The molecule has 1 atom stereocenters. The molecule has 0 aliphatic carbocycles. The third-order valence-electron chi connectivity index (χ3n) is 3.77. The van der Waals surface area contributed by atoms with E-state index in [9.17, 15) is 4.79 Å². The van der Waals surface area contributed by atoms with Gasteiger partial charge in [0.25, 0.3) is 0 Å². The van der Waals surface area contributed by atoms with Crippen molar-refractivity contribution in [2.24, 2.45) is 0 Å². The highest BCUT2D eigenvalue weighted by molar-refractivity contribution is 5.81. The lowest BCUT2D eigenvalue weighted by Gasteiger charge is -2.26. The Balaban J connectivity index is 1.79. The van der Waals surface area contributed by atoms with Gasteiger partial charge in [-0.1, -0.05) is 18.0 Å². The summed E-state index contributed by atoms with van der Waals surface area (Å²) in [6, 6.07) is -0.121. The van der Waals surface area contributed by atoms with Crippen molar-refractivity contribution in [3.05, 3.63) is 11.7 Å². The van der Waals surface area contributed by atoms with Gasteiger partial charge in [0.2, 0.25) is 11.8 Å². The summed E-state index contributed by atoms with van der Waals surface area (Å²) >= 11 is 0. The van der Waals surface area contributed by atoms with Gasteiger partial charge in [0, 0.05) is 7.11 Å². The molecule has 7 heteroatoms. The summed E-state index contributed by atoms with van der Waals surface area (Å²) in [6.07, 6.45) is 4.85. The first kappa shape index (κ1) is 15.9. The van der Waals surface area contributed by atoms with E-state index in [1.165, 1.54) is 25.7 Å². The number of rotatable bonds is 6. The van der Waals surface area contributed by atoms with Gasteiger partial charge in [-0.2, -0.15) is 4.98 Å². The maximum Gasteiger partial charge on any atom is 0.246 e. The molecule has 0 bridgehead atoms. The minimum atomic E-state index is -0.121. The number of methoxy groups -OCH3 is 1. The zero-order chi connectivity index (χ0) is 15.1. The number of hydrogen-bond acceptors (Lipinski definition) is 6. The standard InChI is InChI=1S/C14H24N4O3/c1-11(18-7-5-3-4-6-8-18)14(19)15-9-13-16-12(10-20-2)17-21-13/h11H,3-10H2,1-2H3,(H,15,19). The third kappa shape index (κ3) is 4.78. The molecule has 118 valence electrons. The average molecular weight is 296 g/mol. The van der Waals surface area contributed by atoms with E-state index in [1.807, 2.05) is 6.92 Å². The number of amides is 1. The number of carbonyl (C=O) groups is 1. The summed E-state index contributed by atoms with van der Waals surface area (Å²) in [5.74, 6) is 0.893. The van der Waals surface area contributed by atoms with Crippen molar-refractivity contribution in [3.8, 4) is 0 Å². The number of aromatic nitrogens is 2. The molecular formula is C14H24N4O3. The fourth-order valence-corrected chi connectivity index (χ4v) is 2.51. The van der Waals surface area contributed by atoms with Crippen LogP contribution >= 0.6 is 0 Å². The summed E-state index contributed by atoms with van der Waals surface area (Å²) in [6.45, 7) is 4.50. The Bertz CT molecular complexity index is 441. The summed E-state index contributed by atoms with van der Waals surface area (Å²) < 4.78 is 9.96. The van der Waals surface area contributed by atoms with Crippen LogP contribution in [0.2, 0.25) is 0 Å². The van der Waals surface area contributed by atoms with Gasteiger partial charge in [0.1, 0.15) is 6.61 Å². The van der Waals surface area contributed by atoms with Crippen molar-refractivity contribution < 1.29 is 14.1 Å². The molecule has 21 heavy (non-hydrogen) atoms. The Morgan fingerprint density at radius 1 is 1.38 bits per heavy atom.